The maximum Gasteiger partial charge on any atom is 0.155 e. The highest BCUT2D eigenvalue weighted by Crippen LogP contribution is 2.23. The van der Waals surface area contributed by atoms with E-state index in [1.807, 2.05) is 16.5 Å². The van der Waals surface area contributed by atoms with Crippen molar-refractivity contribution in [1.82, 2.24) is 9.38 Å². The van der Waals surface area contributed by atoms with Crippen molar-refractivity contribution < 1.29 is 9.52 Å². The van der Waals surface area contributed by atoms with Crippen molar-refractivity contribution in [3.63, 3.8) is 0 Å². The smallest absolute Gasteiger partial charge is 0.155 e. The van der Waals surface area contributed by atoms with Gasteiger partial charge in [0, 0.05) is 12.3 Å². The molecule has 0 aromatic carbocycles. The predicted molar refractivity (Wildman–Crippen MR) is 63.4 cm³/mol. The van der Waals surface area contributed by atoms with E-state index in [9.17, 15) is 5.11 Å². The number of aromatic hydroxyl groups is 1. The molecule has 0 aliphatic carbocycles. The van der Waals surface area contributed by atoms with Gasteiger partial charge in [0.25, 0.3) is 0 Å². The Balaban J connectivity index is 2.11. The summed E-state index contributed by atoms with van der Waals surface area (Å²) >= 11 is 6.02. The number of nitrogens with zero attached hydrogens (tertiary/aromatic N) is 2. The van der Waals surface area contributed by atoms with Crippen molar-refractivity contribution in [1.29, 1.82) is 0 Å². The monoisotopic (exact) mass is 248 g/mol. The van der Waals surface area contributed by atoms with E-state index in [0.29, 0.717) is 17.1 Å². The Hall–Kier alpha value is -1.94. The van der Waals surface area contributed by atoms with E-state index in [-0.39, 0.29) is 5.75 Å². The number of rotatable bonds is 2. The molecule has 0 aliphatic heterocycles. The molecular weight excluding hydrogens is 240 g/mol. The maximum absolute atomic E-state index is 9.40. The lowest BCUT2D eigenvalue weighted by Crippen LogP contribution is -1.94. The third-order valence-corrected chi connectivity index (χ3v) is 2.85. The zero-order valence-corrected chi connectivity index (χ0v) is 9.55. The van der Waals surface area contributed by atoms with Gasteiger partial charge < -0.3 is 13.9 Å². The first kappa shape index (κ1) is 10.2. The van der Waals surface area contributed by atoms with Gasteiger partial charge in [0.05, 0.1) is 18.2 Å². The minimum absolute atomic E-state index is 0.170. The summed E-state index contributed by atoms with van der Waals surface area (Å²) in [6.07, 6.45) is 3.92. The van der Waals surface area contributed by atoms with Gasteiger partial charge in [-0.25, -0.2) is 4.98 Å². The number of halogens is 1. The summed E-state index contributed by atoms with van der Waals surface area (Å²) in [5, 5.41) is 9.78. The summed E-state index contributed by atoms with van der Waals surface area (Å²) in [5.41, 5.74) is 0.688. The highest BCUT2D eigenvalue weighted by molar-refractivity contribution is 6.32. The van der Waals surface area contributed by atoms with E-state index < -0.39 is 0 Å². The third-order valence-electron chi connectivity index (χ3n) is 2.57. The summed E-state index contributed by atoms with van der Waals surface area (Å²) in [7, 11) is 0. The fraction of sp³-hybridized carbons (Fsp3) is 0.0833. The lowest BCUT2D eigenvalue weighted by atomic mass is 10.3. The van der Waals surface area contributed by atoms with Crippen LogP contribution in [0.4, 0.5) is 0 Å². The lowest BCUT2D eigenvalue weighted by Gasteiger charge is -1.99. The highest BCUT2D eigenvalue weighted by atomic mass is 35.5. The van der Waals surface area contributed by atoms with Gasteiger partial charge in [-0.2, -0.15) is 0 Å². The fourth-order valence-electron chi connectivity index (χ4n) is 1.79. The van der Waals surface area contributed by atoms with Crippen molar-refractivity contribution >= 4 is 17.1 Å². The molecule has 0 amide bonds. The molecule has 0 saturated carbocycles. The zero-order chi connectivity index (χ0) is 11.8. The fourth-order valence-corrected chi connectivity index (χ4v) is 2.03. The molecule has 4 nitrogen and oxygen atoms in total. The van der Waals surface area contributed by atoms with E-state index in [0.717, 1.165) is 11.6 Å². The van der Waals surface area contributed by atoms with Gasteiger partial charge in [-0.1, -0.05) is 11.6 Å². The molecule has 86 valence electrons. The molecule has 5 heteroatoms. The molecular formula is C12H9ClN2O2. The molecule has 1 N–H and O–H groups in total. The first-order chi connectivity index (χ1) is 8.24. The number of pyridine rings is 1. The van der Waals surface area contributed by atoms with Crippen molar-refractivity contribution in [3.05, 3.63) is 53.5 Å². The van der Waals surface area contributed by atoms with Gasteiger partial charge in [0.15, 0.2) is 5.15 Å². The quantitative estimate of drug-likeness (QED) is 0.759. The second-order valence-corrected chi connectivity index (χ2v) is 4.07. The number of imidazole rings is 1. The summed E-state index contributed by atoms with van der Waals surface area (Å²) < 4.78 is 7.11. The van der Waals surface area contributed by atoms with Crippen molar-refractivity contribution in [2.24, 2.45) is 0 Å². The van der Waals surface area contributed by atoms with Crippen molar-refractivity contribution in [2.75, 3.05) is 0 Å². The molecule has 0 unspecified atom stereocenters. The third kappa shape index (κ3) is 1.76. The highest BCUT2D eigenvalue weighted by Gasteiger charge is 2.11. The first-order valence-corrected chi connectivity index (χ1v) is 5.49. The topological polar surface area (TPSA) is 50.7 Å². The largest absolute Gasteiger partial charge is 0.508 e. The Morgan fingerprint density at radius 1 is 1.41 bits per heavy atom. The van der Waals surface area contributed by atoms with E-state index in [1.165, 1.54) is 0 Å². The molecule has 3 aromatic heterocycles. The summed E-state index contributed by atoms with van der Waals surface area (Å²) in [6, 6.07) is 6.89. The molecule has 17 heavy (non-hydrogen) atoms. The summed E-state index contributed by atoms with van der Waals surface area (Å²) in [4.78, 5) is 4.26. The maximum atomic E-state index is 9.40. The molecule has 0 radical (unpaired) electrons. The summed E-state index contributed by atoms with van der Waals surface area (Å²) in [6.45, 7) is 0. The molecule has 3 aromatic rings. The standard InChI is InChI=1S/C12H9ClN2O2/c13-12-10-6-8(16)3-4-15(10)11(14-12)7-9-2-1-5-17-9/h1-6,16H,7H2. The van der Waals surface area contributed by atoms with E-state index >= 15 is 0 Å². The average Bonchev–Trinajstić information content (AvgIpc) is 2.89. The van der Waals surface area contributed by atoms with Crippen LogP contribution >= 0.6 is 11.6 Å². The van der Waals surface area contributed by atoms with Gasteiger partial charge in [-0.3, -0.25) is 0 Å². The van der Waals surface area contributed by atoms with Gasteiger partial charge in [-0.15, -0.1) is 0 Å². The molecule has 0 atom stereocenters. The van der Waals surface area contributed by atoms with Crippen molar-refractivity contribution in [3.8, 4) is 5.75 Å². The molecule has 0 bridgehead atoms. The number of aromatic nitrogens is 2. The molecule has 3 heterocycles. The van der Waals surface area contributed by atoms with Gasteiger partial charge in [0.1, 0.15) is 17.3 Å². The Labute approximate surface area is 102 Å². The van der Waals surface area contributed by atoms with Gasteiger partial charge >= 0.3 is 0 Å². The second kappa shape index (κ2) is 3.82. The number of hydrogen-bond donors (Lipinski definition) is 1. The second-order valence-electron chi connectivity index (χ2n) is 3.72. The van der Waals surface area contributed by atoms with E-state index in [2.05, 4.69) is 4.98 Å². The van der Waals surface area contributed by atoms with Crippen LogP contribution in [-0.2, 0) is 6.42 Å². The zero-order valence-electron chi connectivity index (χ0n) is 8.80. The Morgan fingerprint density at radius 3 is 3.06 bits per heavy atom. The number of furan rings is 1. The Morgan fingerprint density at radius 2 is 2.29 bits per heavy atom. The molecule has 3 rings (SSSR count). The van der Waals surface area contributed by atoms with Crippen LogP contribution in [0.5, 0.6) is 5.75 Å². The Bertz CT molecular complexity index is 659. The van der Waals surface area contributed by atoms with E-state index in [1.54, 1.807) is 24.6 Å². The average molecular weight is 249 g/mol. The predicted octanol–water partition coefficient (Wildman–Crippen LogP) is 2.88. The molecule has 0 saturated heterocycles. The SMILES string of the molecule is Oc1ccn2c(Cc3ccco3)nc(Cl)c2c1. The Kier molecular flexibility index (Phi) is 2.30. The van der Waals surface area contributed by atoms with Crippen LogP contribution in [0, 0.1) is 0 Å². The lowest BCUT2D eigenvalue weighted by molar-refractivity contribution is 0.475. The number of fused-ring (bicyclic) bond motifs is 1. The van der Waals surface area contributed by atoms with Crippen molar-refractivity contribution in [2.45, 2.75) is 6.42 Å². The summed E-state index contributed by atoms with van der Waals surface area (Å²) in [5.74, 6) is 1.77. The van der Waals surface area contributed by atoms with Crippen LogP contribution in [-0.4, -0.2) is 14.5 Å². The first-order valence-electron chi connectivity index (χ1n) is 5.12. The van der Waals surface area contributed by atoms with Crippen LogP contribution in [0.15, 0.2) is 41.1 Å². The van der Waals surface area contributed by atoms with Gasteiger partial charge in [-0.05, 0) is 18.2 Å². The van der Waals surface area contributed by atoms with Crippen LogP contribution in [0.1, 0.15) is 11.6 Å². The van der Waals surface area contributed by atoms with Crippen LogP contribution in [0.25, 0.3) is 5.52 Å². The van der Waals surface area contributed by atoms with Crippen LogP contribution in [0.3, 0.4) is 0 Å². The normalized spacial score (nSPS) is 11.1. The van der Waals surface area contributed by atoms with Gasteiger partial charge in [0.2, 0.25) is 0 Å². The minimum Gasteiger partial charge on any atom is -0.508 e. The molecule has 0 aliphatic rings. The molecule has 0 spiro atoms. The van der Waals surface area contributed by atoms with Crippen LogP contribution < -0.4 is 0 Å². The minimum atomic E-state index is 0.170. The molecule has 0 fully saturated rings. The van der Waals surface area contributed by atoms with E-state index in [4.69, 9.17) is 16.0 Å². The number of hydrogen-bond acceptors (Lipinski definition) is 3. The van der Waals surface area contributed by atoms with Crippen LogP contribution in [0.2, 0.25) is 5.15 Å².